The van der Waals surface area contributed by atoms with E-state index in [1.807, 2.05) is 0 Å². The third-order valence-corrected chi connectivity index (χ3v) is 4.45. The van der Waals surface area contributed by atoms with Gasteiger partial charge in [0.25, 0.3) is 0 Å². The SMILES string of the molecule is NC(=O)CC1CC(=O)NC(SCC(=O)Nc2ccc(C(F)(F)F)cc2)N1. The van der Waals surface area contributed by atoms with Gasteiger partial charge in [0.2, 0.25) is 17.7 Å². The molecule has 1 saturated heterocycles. The minimum atomic E-state index is -4.44. The summed E-state index contributed by atoms with van der Waals surface area (Å²) in [6.07, 6.45) is -4.33. The monoisotopic (exact) mass is 390 g/mol. The third kappa shape index (κ3) is 6.23. The molecule has 5 N–H and O–H groups in total. The fourth-order valence-electron chi connectivity index (χ4n) is 2.31. The van der Waals surface area contributed by atoms with Gasteiger partial charge in [-0.05, 0) is 24.3 Å². The average Bonchev–Trinajstić information content (AvgIpc) is 2.51. The van der Waals surface area contributed by atoms with Crippen LogP contribution in [-0.4, -0.2) is 35.0 Å². The van der Waals surface area contributed by atoms with Crippen molar-refractivity contribution >= 4 is 35.2 Å². The molecule has 11 heteroatoms. The van der Waals surface area contributed by atoms with Gasteiger partial charge >= 0.3 is 6.18 Å². The molecule has 1 aromatic rings. The summed E-state index contributed by atoms with van der Waals surface area (Å²) in [6.45, 7) is 0. The predicted octanol–water partition coefficient (Wildman–Crippen LogP) is 1.01. The Kier molecular flexibility index (Phi) is 6.48. The van der Waals surface area contributed by atoms with E-state index in [0.29, 0.717) is 0 Å². The van der Waals surface area contributed by atoms with Gasteiger partial charge in [-0.2, -0.15) is 13.2 Å². The van der Waals surface area contributed by atoms with Crippen molar-refractivity contribution < 1.29 is 27.6 Å². The van der Waals surface area contributed by atoms with Crippen molar-refractivity contribution in [1.82, 2.24) is 10.6 Å². The molecule has 0 saturated carbocycles. The summed E-state index contributed by atoms with van der Waals surface area (Å²) in [5.41, 5.74) is 3.96. The number of benzene rings is 1. The van der Waals surface area contributed by atoms with E-state index in [1.54, 1.807) is 0 Å². The molecule has 3 amide bonds. The van der Waals surface area contributed by atoms with Crippen LogP contribution in [0.2, 0.25) is 0 Å². The molecule has 142 valence electrons. The minimum absolute atomic E-state index is 0.00221. The second-order valence-electron chi connectivity index (χ2n) is 5.62. The van der Waals surface area contributed by atoms with Crippen molar-refractivity contribution in [3.8, 4) is 0 Å². The van der Waals surface area contributed by atoms with Crippen LogP contribution in [0.25, 0.3) is 0 Å². The van der Waals surface area contributed by atoms with Crippen molar-refractivity contribution in [2.24, 2.45) is 5.73 Å². The van der Waals surface area contributed by atoms with Crippen molar-refractivity contribution in [3.63, 3.8) is 0 Å². The zero-order valence-electron chi connectivity index (χ0n) is 13.4. The Labute approximate surface area is 151 Å². The maximum atomic E-state index is 12.5. The Balaban J connectivity index is 1.82. The van der Waals surface area contributed by atoms with Gasteiger partial charge in [-0.25, -0.2) is 0 Å². The number of hydrogen-bond acceptors (Lipinski definition) is 5. The number of nitrogens with one attached hydrogen (secondary N) is 3. The lowest BCUT2D eigenvalue weighted by molar-refractivity contribution is -0.137. The summed E-state index contributed by atoms with van der Waals surface area (Å²) in [4.78, 5) is 34.5. The molecule has 1 aromatic carbocycles. The Bertz CT molecular complexity index is 680. The summed E-state index contributed by atoms with van der Waals surface area (Å²) in [7, 11) is 0. The fraction of sp³-hybridized carbons (Fsp3) is 0.400. The van der Waals surface area contributed by atoms with Gasteiger partial charge in [0.15, 0.2) is 0 Å². The van der Waals surface area contributed by atoms with Crippen LogP contribution in [0.1, 0.15) is 18.4 Å². The second-order valence-corrected chi connectivity index (χ2v) is 6.71. The molecule has 0 bridgehead atoms. The number of primary amides is 1. The molecular weight excluding hydrogens is 373 g/mol. The van der Waals surface area contributed by atoms with Gasteiger partial charge < -0.3 is 16.4 Å². The van der Waals surface area contributed by atoms with E-state index in [2.05, 4.69) is 16.0 Å². The summed E-state index contributed by atoms with van der Waals surface area (Å²) in [5, 5.41) is 8.08. The Morgan fingerprint density at radius 2 is 1.92 bits per heavy atom. The topological polar surface area (TPSA) is 113 Å². The number of thioether (sulfide) groups is 1. The lowest BCUT2D eigenvalue weighted by Crippen LogP contribution is -2.55. The quantitative estimate of drug-likeness (QED) is 0.579. The Morgan fingerprint density at radius 3 is 2.50 bits per heavy atom. The summed E-state index contributed by atoms with van der Waals surface area (Å²) in [6, 6.07) is 3.67. The molecule has 26 heavy (non-hydrogen) atoms. The normalized spacial score (nSPS) is 20.3. The smallest absolute Gasteiger partial charge is 0.370 e. The number of amides is 3. The minimum Gasteiger partial charge on any atom is -0.370 e. The van der Waals surface area contributed by atoms with Crippen LogP contribution in [0.3, 0.4) is 0 Å². The van der Waals surface area contributed by atoms with Crippen LogP contribution in [0, 0.1) is 0 Å². The number of hydrogen-bond donors (Lipinski definition) is 4. The highest BCUT2D eigenvalue weighted by atomic mass is 32.2. The van der Waals surface area contributed by atoms with Gasteiger partial charge in [-0.15, -0.1) is 11.8 Å². The number of nitrogens with two attached hydrogens (primary N) is 1. The molecule has 7 nitrogen and oxygen atoms in total. The molecule has 2 atom stereocenters. The van der Waals surface area contributed by atoms with E-state index in [1.165, 1.54) is 0 Å². The molecule has 1 aliphatic heterocycles. The highest BCUT2D eigenvalue weighted by Crippen LogP contribution is 2.29. The summed E-state index contributed by atoms with van der Waals surface area (Å²) >= 11 is 1.08. The molecule has 1 aliphatic rings. The van der Waals surface area contributed by atoms with Gasteiger partial charge in [0, 0.05) is 24.6 Å². The van der Waals surface area contributed by atoms with Crippen LogP contribution in [-0.2, 0) is 20.6 Å². The number of halogens is 3. The first-order valence-corrected chi connectivity index (χ1v) is 8.61. The molecule has 2 rings (SSSR count). The van der Waals surface area contributed by atoms with E-state index in [-0.39, 0.29) is 30.2 Å². The number of rotatable bonds is 6. The molecule has 2 unspecified atom stereocenters. The first kappa shape index (κ1) is 20.0. The second kappa shape index (κ2) is 8.41. The van der Waals surface area contributed by atoms with Crippen LogP contribution in [0.5, 0.6) is 0 Å². The standard InChI is InChI=1S/C15H17F3N4O3S/c16-15(17,18)8-1-3-9(4-2-8)20-13(25)7-26-14-21-10(5-11(19)23)6-12(24)22-14/h1-4,10,14,21H,5-7H2,(H2,19,23)(H,20,25)(H,22,24). The van der Waals surface area contributed by atoms with Gasteiger partial charge in [0.05, 0.1) is 11.3 Å². The van der Waals surface area contributed by atoms with Gasteiger partial charge in [0.1, 0.15) is 5.50 Å². The first-order chi connectivity index (χ1) is 12.1. The lowest BCUT2D eigenvalue weighted by Gasteiger charge is -2.30. The molecule has 0 spiro atoms. The fourth-order valence-corrected chi connectivity index (χ4v) is 3.20. The highest BCUT2D eigenvalue weighted by Gasteiger charge is 2.30. The van der Waals surface area contributed by atoms with Crippen molar-refractivity contribution in [3.05, 3.63) is 29.8 Å². The van der Waals surface area contributed by atoms with Crippen molar-refractivity contribution in [2.45, 2.75) is 30.6 Å². The number of anilines is 1. The highest BCUT2D eigenvalue weighted by molar-refractivity contribution is 8.00. The zero-order valence-corrected chi connectivity index (χ0v) is 14.2. The van der Waals surface area contributed by atoms with Crippen molar-refractivity contribution in [1.29, 1.82) is 0 Å². The maximum Gasteiger partial charge on any atom is 0.416 e. The molecular formula is C15H17F3N4O3S. The van der Waals surface area contributed by atoms with E-state index in [4.69, 9.17) is 5.73 Å². The molecule has 0 aliphatic carbocycles. The zero-order chi connectivity index (χ0) is 19.3. The molecule has 0 aromatic heterocycles. The van der Waals surface area contributed by atoms with Crippen molar-refractivity contribution in [2.75, 3.05) is 11.1 Å². The largest absolute Gasteiger partial charge is 0.416 e. The van der Waals surface area contributed by atoms with Crippen LogP contribution < -0.4 is 21.7 Å². The molecule has 1 fully saturated rings. The van der Waals surface area contributed by atoms with E-state index in [0.717, 1.165) is 36.0 Å². The average molecular weight is 390 g/mol. The summed E-state index contributed by atoms with van der Waals surface area (Å²) < 4.78 is 37.5. The predicted molar refractivity (Wildman–Crippen MR) is 89.8 cm³/mol. The lowest BCUT2D eigenvalue weighted by atomic mass is 10.1. The van der Waals surface area contributed by atoms with Gasteiger partial charge in [-0.1, -0.05) is 0 Å². The van der Waals surface area contributed by atoms with Crippen LogP contribution in [0.4, 0.5) is 18.9 Å². The van der Waals surface area contributed by atoms with Crippen LogP contribution in [0.15, 0.2) is 24.3 Å². The summed E-state index contributed by atoms with van der Waals surface area (Å²) in [5.74, 6) is -1.30. The first-order valence-electron chi connectivity index (χ1n) is 7.56. The molecule has 0 radical (unpaired) electrons. The number of alkyl halides is 3. The van der Waals surface area contributed by atoms with E-state index in [9.17, 15) is 27.6 Å². The Hall–Kier alpha value is -2.27. The van der Waals surface area contributed by atoms with Crippen LogP contribution >= 0.6 is 11.8 Å². The van der Waals surface area contributed by atoms with Gasteiger partial charge in [-0.3, -0.25) is 19.7 Å². The number of carbonyl (C=O) groups is 3. The number of carbonyl (C=O) groups excluding carboxylic acids is 3. The molecule has 1 heterocycles. The van der Waals surface area contributed by atoms with E-state index >= 15 is 0 Å². The third-order valence-electron chi connectivity index (χ3n) is 3.44. The maximum absolute atomic E-state index is 12.5. The van der Waals surface area contributed by atoms with E-state index < -0.39 is 35.1 Å². The Morgan fingerprint density at radius 1 is 1.27 bits per heavy atom.